The van der Waals surface area contributed by atoms with Gasteiger partial charge >= 0.3 is 0 Å². The number of benzene rings is 1. The van der Waals surface area contributed by atoms with E-state index in [9.17, 15) is 4.79 Å². The number of amides is 1. The van der Waals surface area contributed by atoms with Gasteiger partial charge in [-0.3, -0.25) is 9.48 Å². The molecule has 2 aromatic heterocycles. The van der Waals surface area contributed by atoms with Crippen molar-refractivity contribution in [1.29, 1.82) is 0 Å². The Morgan fingerprint density at radius 3 is 2.96 bits per heavy atom. The van der Waals surface area contributed by atoms with Crippen LogP contribution in [0.3, 0.4) is 0 Å². The van der Waals surface area contributed by atoms with Gasteiger partial charge in [-0.15, -0.1) is 11.3 Å². The summed E-state index contributed by atoms with van der Waals surface area (Å²) in [5.41, 5.74) is 8.81. The van der Waals surface area contributed by atoms with Crippen LogP contribution in [0.1, 0.15) is 32.6 Å². The minimum absolute atomic E-state index is 0.107. The molecule has 0 spiro atoms. The maximum Gasteiger partial charge on any atom is 0.261 e. The highest BCUT2D eigenvalue weighted by Crippen LogP contribution is 2.38. The zero-order valence-electron chi connectivity index (χ0n) is 14.1. The first-order valence-electron chi connectivity index (χ1n) is 8.57. The predicted octanol–water partition coefficient (Wildman–Crippen LogP) is 3.64. The fraction of sp³-hybridized carbons (Fsp3) is 0.263. The smallest absolute Gasteiger partial charge is 0.261 e. The maximum atomic E-state index is 12.8. The SMILES string of the molecule is NCC(NC(=O)c1cc2c(s1)CCCn1ncc(Cl)c1-2)c1ccccc1. The van der Waals surface area contributed by atoms with Gasteiger partial charge in [0.25, 0.3) is 5.91 Å². The molecule has 1 aliphatic heterocycles. The standard InChI is InChI=1S/C19H19ClN4OS/c20-14-11-22-24-8-4-7-16-13(18(14)24)9-17(26-16)19(25)23-15(10-21)12-5-2-1-3-6-12/h1-3,5-6,9,11,15H,4,7-8,10,21H2,(H,23,25). The van der Waals surface area contributed by atoms with Crippen LogP contribution in [0.5, 0.6) is 0 Å². The molecule has 0 radical (unpaired) electrons. The molecule has 1 atom stereocenters. The average Bonchev–Trinajstić information content (AvgIpc) is 3.19. The summed E-state index contributed by atoms with van der Waals surface area (Å²) in [6.45, 7) is 1.19. The van der Waals surface area contributed by atoms with Crippen LogP contribution in [0.4, 0.5) is 0 Å². The Hall–Kier alpha value is -2.15. The fourth-order valence-corrected chi connectivity index (χ4v) is 4.66. The number of rotatable bonds is 4. The summed E-state index contributed by atoms with van der Waals surface area (Å²) in [4.78, 5) is 14.7. The molecule has 26 heavy (non-hydrogen) atoms. The second-order valence-electron chi connectivity index (χ2n) is 6.29. The maximum absolute atomic E-state index is 12.8. The van der Waals surface area contributed by atoms with Gasteiger partial charge < -0.3 is 11.1 Å². The minimum Gasteiger partial charge on any atom is -0.343 e. The number of nitrogens with zero attached hydrogens (tertiary/aromatic N) is 2. The van der Waals surface area contributed by atoms with Gasteiger partial charge in [-0.25, -0.2) is 0 Å². The molecule has 0 fully saturated rings. The Kier molecular flexibility index (Phi) is 4.80. The number of aromatic nitrogens is 2. The van der Waals surface area contributed by atoms with Crippen LogP contribution in [-0.2, 0) is 13.0 Å². The molecule has 1 unspecified atom stereocenters. The summed E-state index contributed by atoms with van der Waals surface area (Å²) in [7, 11) is 0. The minimum atomic E-state index is -0.209. The monoisotopic (exact) mass is 386 g/mol. The number of nitrogens with one attached hydrogen (secondary N) is 1. The van der Waals surface area contributed by atoms with Gasteiger partial charge in [-0.1, -0.05) is 41.9 Å². The molecule has 7 heteroatoms. The normalized spacial score (nSPS) is 14.2. The van der Waals surface area contributed by atoms with Crippen molar-refractivity contribution < 1.29 is 4.79 Å². The van der Waals surface area contributed by atoms with E-state index in [2.05, 4.69) is 10.4 Å². The number of thiophene rings is 1. The van der Waals surface area contributed by atoms with Gasteiger partial charge in [-0.05, 0) is 24.5 Å². The molecule has 134 valence electrons. The van der Waals surface area contributed by atoms with E-state index < -0.39 is 0 Å². The third-order valence-electron chi connectivity index (χ3n) is 4.60. The van der Waals surface area contributed by atoms with E-state index >= 15 is 0 Å². The van der Waals surface area contributed by atoms with Crippen LogP contribution in [-0.4, -0.2) is 22.2 Å². The van der Waals surface area contributed by atoms with Gasteiger partial charge in [0.2, 0.25) is 0 Å². The first kappa shape index (κ1) is 17.3. The molecular weight excluding hydrogens is 368 g/mol. The Morgan fingerprint density at radius 2 is 2.19 bits per heavy atom. The number of hydrogen-bond acceptors (Lipinski definition) is 4. The summed E-state index contributed by atoms with van der Waals surface area (Å²) in [5.74, 6) is -0.107. The Bertz CT molecular complexity index is 934. The van der Waals surface area contributed by atoms with Crippen molar-refractivity contribution in [2.45, 2.75) is 25.4 Å². The highest BCUT2D eigenvalue weighted by Gasteiger charge is 2.24. The first-order chi connectivity index (χ1) is 12.7. The number of aryl methyl sites for hydroxylation is 2. The number of fused-ring (bicyclic) bond motifs is 3. The molecular formula is C19H19ClN4OS. The highest BCUT2D eigenvalue weighted by atomic mass is 35.5. The first-order valence-corrected chi connectivity index (χ1v) is 9.77. The largest absolute Gasteiger partial charge is 0.343 e. The molecule has 3 N–H and O–H groups in total. The zero-order chi connectivity index (χ0) is 18.1. The molecule has 5 nitrogen and oxygen atoms in total. The lowest BCUT2D eigenvalue weighted by atomic mass is 10.1. The summed E-state index contributed by atoms with van der Waals surface area (Å²) < 4.78 is 1.93. The summed E-state index contributed by atoms with van der Waals surface area (Å²) >= 11 is 7.87. The zero-order valence-corrected chi connectivity index (χ0v) is 15.7. The molecule has 1 amide bonds. The van der Waals surface area contributed by atoms with Gasteiger partial charge in [0.05, 0.1) is 27.8 Å². The quantitative estimate of drug-likeness (QED) is 0.718. The van der Waals surface area contributed by atoms with Crippen molar-refractivity contribution in [1.82, 2.24) is 15.1 Å². The highest BCUT2D eigenvalue weighted by molar-refractivity contribution is 7.14. The number of carbonyl (C=O) groups excluding carboxylic acids is 1. The second-order valence-corrected chi connectivity index (χ2v) is 7.83. The lowest BCUT2D eigenvalue weighted by molar-refractivity contribution is 0.0942. The third-order valence-corrected chi connectivity index (χ3v) is 6.07. The molecule has 0 saturated carbocycles. The molecule has 3 heterocycles. The van der Waals surface area contributed by atoms with E-state index in [0.717, 1.165) is 36.2 Å². The lowest BCUT2D eigenvalue weighted by Crippen LogP contribution is -2.32. The average molecular weight is 387 g/mol. The number of carbonyl (C=O) groups is 1. The van der Waals surface area contributed by atoms with Crippen molar-refractivity contribution in [2.75, 3.05) is 6.54 Å². The summed E-state index contributed by atoms with van der Waals surface area (Å²) in [5, 5.41) is 8.02. The van der Waals surface area contributed by atoms with Crippen LogP contribution in [0.2, 0.25) is 5.02 Å². The number of nitrogens with two attached hydrogens (primary N) is 1. The van der Waals surface area contributed by atoms with E-state index in [1.54, 1.807) is 6.20 Å². The van der Waals surface area contributed by atoms with Gasteiger partial charge in [-0.2, -0.15) is 5.10 Å². The van der Waals surface area contributed by atoms with Crippen molar-refractivity contribution in [3.8, 4) is 11.3 Å². The Labute approximate surface area is 160 Å². The van der Waals surface area contributed by atoms with Crippen LogP contribution in [0.25, 0.3) is 11.3 Å². The Morgan fingerprint density at radius 1 is 1.38 bits per heavy atom. The second kappa shape index (κ2) is 7.23. The van der Waals surface area contributed by atoms with Gasteiger partial charge in [0.15, 0.2) is 0 Å². The van der Waals surface area contributed by atoms with E-state index in [-0.39, 0.29) is 11.9 Å². The van der Waals surface area contributed by atoms with Gasteiger partial charge in [0, 0.05) is 23.5 Å². The van der Waals surface area contributed by atoms with Crippen LogP contribution < -0.4 is 11.1 Å². The molecule has 3 aromatic rings. The van der Waals surface area contributed by atoms with Crippen LogP contribution in [0, 0.1) is 0 Å². The fourth-order valence-electron chi connectivity index (χ4n) is 3.31. The third kappa shape index (κ3) is 3.16. The van der Waals surface area contributed by atoms with Crippen molar-refractivity contribution in [3.05, 3.63) is 62.9 Å². The lowest BCUT2D eigenvalue weighted by Gasteiger charge is -2.16. The predicted molar refractivity (Wildman–Crippen MR) is 105 cm³/mol. The van der Waals surface area contributed by atoms with E-state index in [1.165, 1.54) is 16.2 Å². The molecule has 0 saturated heterocycles. The summed E-state index contributed by atoms with van der Waals surface area (Å²) in [6, 6.07) is 11.5. The van der Waals surface area contributed by atoms with Crippen molar-refractivity contribution >= 4 is 28.8 Å². The number of halogens is 1. The van der Waals surface area contributed by atoms with Crippen molar-refractivity contribution in [3.63, 3.8) is 0 Å². The Balaban J connectivity index is 1.62. The molecule has 1 aliphatic rings. The molecule has 0 bridgehead atoms. The van der Waals surface area contributed by atoms with Gasteiger partial charge in [0.1, 0.15) is 0 Å². The van der Waals surface area contributed by atoms with Crippen LogP contribution >= 0.6 is 22.9 Å². The number of hydrogen-bond donors (Lipinski definition) is 2. The van der Waals surface area contributed by atoms with E-state index in [1.807, 2.05) is 41.1 Å². The van der Waals surface area contributed by atoms with E-state index in [4.69, 9.17) is 17.3 Å². The topological polar surface area (TPSA) is 72.9 Å². The molecule has 0 aliphatic carbocycles. The van der Waals surface area contributed by atoms with Crippen LogP contribution in [0.15, 0.2) is 42.6 Å². The molecule has 1 aromatic carbocycles. The van der Waals surface area contributed by atoms with E-state index in [0.29, 0.717) is 16.4 Å². The molecule has 4 rings (SSSR count). The summed E-state index contributed by atoms with van der Waals surface area (Å²) in [6.07, 6.45) is 3.57. The van der Waals surface area contributed by atoms with Crippen molar-refractivity contribution in [2.24, 2.45) is 5.73 Å².